The molecule has 6 N–H and O–H groups in total. The number of epoxide rings is 1. The molecule has 0 bridgehead atoms. The predicted molar refractivity (Wildman–Crippen MR) is 239 cm³/mol. The van der Waals surface area contributed by atoms with Gasteiger partial charge in [-0.25, -0.2) is 4.57 Å². The molecule has 1 saturated carbocycles. The smallest absolute Gasteiger partial charge is 0.462 e. The Hall–Kier alpha value is -2.23. The first-order valence-corrected chi connectivity index (χ1v) is 25.1. The van der Waals surface area contributed by atoms with Crippen LogP contribution in [0.1, 0.15) is 168 Å². The molecule has 0 aromatic heterocycles. The Kier molecular flexibility index (Phi) is 30.8. The lowest BCUT2D eigenvalue weighted by Gasteiger charge is -2.41. The highest BCUT2D eigenvalue weighted by molar-refractivity contribution is 7.47. The molecule has 0 spiro atoms. The zero-order valence-electron chi connectivity index (χ0n) is 37.6. The molecular weight excluding hydrogens is 819 g/mol. The predicted octanol–water partition coefficient (Wildman–Crippen LogP) is 8.16. The SMILES string of the molecule is CCCCCCCC/C=C\C/C=C\C/C=C\CCCC(=O)O[C@H](COC(=O)CCCCCCC/C=C\CC1OC1CCCCC)COP(=O)(O)OC1[C@H](O)[C@H](O)C(O)[C@H](O)[C@H]1O. The monoisotopic (exact) mass is 901 g/mol. The van der Waals surface area contributed by atoms with Crippen molar-refractivity contribution in [1.82, 2.24) is 0 Å². The Balaban J connectivity index is 1.73. The Morgan fingerprint density at radius 2 is 1.08 bits per heavy atom. The number of phosphoric acid groups is 1. The quantitative estimate of drug-likeness (QED) is 0.0114. The Morgan fingerprint density at radius 3 is 1.71 bits per heavy atom. The normalized spacial score (nSPS) is 25.5. The zero-order chi connectivity index (χ0) is 45.4. The Bertz CT molecular complexity index is 1340. The number of allylic oxidation sites excluding steroid dienone is 7. The summed E-state index contributed by atoms with van der Waals surface area (Å²) >= 11 is 0. The molecule has 0 amide bonds. The van der Waals surface area contributed by atoms with Crippen molar-refractivity contribution < 1.29 is 67.8 Å². The highest BCUT2D eigenvalue weighted by atomic mass is 31.2. The standard InChI is InChI=1S/C47H81O14P/c1-3-5-7-8-9-10-11-12-13-14-15-16-17-18-23-26-30-34-41(49)59-37(36-58-62(55,56)61-47-45(53)43(51)42(50)44(52)46(47)54)35-57-40(48)33-29-25-22-20-19-21-24-28-32-39-38(60-39)31-27-6-4-2/h12-13,15-16,18,23-24,28,37-39,42-47,50-54H,3-11,14,17,19-22,25-27,29-36H2,1-2H3,(H,55,56)/b13-12-,16-15-,23-18-,28-24-/t37-,38?,39?,42?,43-,44+,45-,46-,47?/m1/s1. The molecular formula is C47H81O14P. The van der Waals surface area contributed by atoms with Crippen molar-refractivity contribution >= 4 is 19.8 Å². The molecule has 2 aliphatic rings. The fourth-order valence-corrected chi connectivity index (χ4v) is 8.11. The van der Waals surface area contributed by atoms with E-state index in [1.807, 2.05) is 12.2 Å². The molecule has 5 unspecified atom stereocenters. The first-order valence-electron chi connectivity index (χ1n) is 23.6. The maximum absolute atomic E-state index is 12.8. The van der Waals surface area contributed by atoms with Gasteiger partial charge in [0.1, 0.15) is 43.2 Å². The molecule has 1 aliphatic carbocycles. The van der Waals surface area contributed by atoms with Gasteiger partial charge in [-0.05, 0) is 70.6 Å². The van der Waals surface area contributed by atoms with Gasteiger partial charge in [0.2, 0.25) is 0 Å². The molecule has 0 aromatic rings. The van der Waals surface area contributed by atoms with Crippen LogP contribution in [0.2, 0.25) is 0 Å². The number of esters is 2. The number of ether oxygens (including phenoxy) is 3. The van der Waals surface area contributed by atoms with Gasteiger partial charge in [-0.3, -0.25) is 18.6 Å². The van der Waals surface area contributed by atoms with Gasteiger partial charge in [-0.1, -0.05) is 133 Å². The summed E-state index contributed by atoms with van der Waals surface area (Å²) in [5.74, 6) is -1.18. The van der Waals surface area contributed by atoms with Gasteiger partial charge in [-0.15, -0.1) is 0 Å². The molecule has 358 valence electrons. The molecule has 1 saturated heterocycles. The van der Waals surface area contributed by atoms with Crippen molar-refractivity contribution in [3.63, 3.8) is 0 Å². The number of aliphatic hydroxyl groups is 5. The third-order valence-corrected chi connectivity index (χ3v) is 12.1. The number of unbranched alkanes of at least 4 members (excludes halogenated alkanes) is 14. The Labute approximate surface area is 371 Å². The zero-order valence-corrected chi connectivity index (χ0v) is 38.5. The number of carbonyl (C=O) groups is 2. The van der Waals surface area contributed by atoms with Crippen LogP contribution in [0.15, 0.2) is 48.6 Å². The van der Waals surface area contributed by atoms with E-state index in [9.17, 15) is 44.6 Å². The highest BCUT2D eigenvalue weighted by Gasteiger charge is 2.51. The number of rotatable bonds is 37. The van der Waals surface area contributed by atoms with Gasteiger partial charge < -0.3 is 44.6 Å². The van der Waals surface area contributed by atoms with Crippen LogP contribution in [0.4, 0.5) is 0 Å². The molecule has 1 heterocycles. The summed E-state index contributed by atoms with van der Waals surface area (Å²) in [6.45, 7) is 3.20. The first kappa shape index (κ1) is 55.9. The summed E-state index contributed by atoms with van der Waals surface area (Å²) in [6, 6.07) is 0. The summed E-state index contributed by atoms with van der Waals surface area (Å²) in [4.78, 5) is 35.7. The van der Waals surface area contributed by atoms with E-state index in [-0.39, 0.29) is 12.8 Å². The van der Waals surface area contributed by atoms with Gasteiger partial charge in [0.05, 0.1) is 18.8 Å². The van der Waals surface area contributed by atoms with Crippen molar-refractivity contribution in [1.29, 1.82) is 0 Å². The van der Waals surface area contributed by atoms with Crippen molar-refractivity contribution in [3.8, 4) is 0 Å². The maximum Gasteiger partial charge on any atom is 0.472 e. The van der Waals surface area contributed by atoms with Crippen LogP contribution >= 0.6 is 7.82 Å². The summed E-state index contributed by atoms with van der Waals surface area (Å²) in [6.07, 6.45) is 27.7. The molecule has 0 radical (unpaired) electrons. The third-order valence-electron chi connectivity index (χ3n) is 11.1. The van der Waals surface area contributed by atoms with Crippen LogP contribution < -0.4 is 0 Å². The minimum atomic E-state index is -5.14. The van der Waals surface area contributed by atoms with E-state index in [1.165, 1.54) is 57.8 Å². The number of hydrogen-bond donors (Lipinski definition) is 6. The number of hydrogen-bond acceptors (Lipinski definition) is 13. The lowest BCUT2D eigenvalue weighted by Crippen LogP contribution is -2.64. The second kappa shape index (κ2) is 34.2. The van der Waals surface area contributed by atoms with Gasteiger partial charge in [0, 0.05) is 12.8 Å². The van der Waals surface area contributed by atoms with Gasteiger partial charge in [-0.2, -0.15) is 0 Å². The average molecular weight is 901 g/mol. The van der Waals surface area contributed by atoms with Crippen LogP contribution in [-0.4, -0.2) is 111 Å². The summed E-state index contributed by atoms with van der Waals surface area (Å²) < 4.78 is 39.2. The van der Waals surface area contributed by atoms with E-state index in [2.05, 4.69) is 50.3 Å². The summed E-state index contributed by atoms with van der Waals surface area (Å²) in [5.41, 5.74) is 0. The van der Waals surface area contributed by atoms with Crippen LogP contribution in [0.5, 0.6) is 0 Å². The average Bonchev–Trinajstić information content (AvgIpc) is 4.01. The third kappa shape index (κ3) is 25.9. The summed E-state index contributed by atoms with van der Waals surface area (Å²) in [7, 11) is -5.14. The van der Waals surface area contributed by atoms with E-state index in [4.69, 9.17) is 23.3 Å². The second-order valence-electron chi connectivity index (χ2n) is 16.6. The lowest BCUT2D eigenvalue weighted by atomic mass is 9.85. The molecule has 1 aliphatic heterocycles. The highest BCUT2D eigenvalue weighted by Crippen LogP contribution is 2.47. The van der Waals surface area contributed by atoms with Gasteiger partial charge in [0.25, 0.3) is 0 Å². The Morgan fingerprint density at radius 1 is 0.581 bits per heavy atom. The van der Waals surface area contributed by atoms with Crippen LogP contribution in [0, 0.1) is 0 Å². The summed E-state index contributed by atoms with van der Waals surface area (Å²) in [5, 5.41) is 50.2. The molecule has 0 aromatic carbocycles. The minimum absolute atomic E-state index is 0.0180. The first-order chi connectivity index (χ1) is 29.9. The van der Waals surface area contributed by atoms with Crippen LogP contribution in [0.25, 0.3) is 0 Å². The largest absolute Gasteiger partial charge is 0.472 e. The van der Waals surface area contributed by atoms with E-state index in [0.29, 0.717) is 31.5 Å². The van der Waals surface area contributed by atoms with E-state index >= 15 is 0 Å². The van der Waals surface area contributed by atoms with Crippen molar-refractivity contribution in [2.75, 3.05) is 13.2 Å². The van der Waals surface area contributed by atoms with Gasteiger partial charge in [0.15, 0.2) is 6.10 Å². The van der Waals surface area contributed by atoms with E-state index in [1.54, 1.807) is 0 Å². The van der Waals surface area contributed by atoms with E-state index in [0.717, 1.165) is 64.2 Å². The van der Waals surface area contributed by atoms with Crippen LogP contribution in [-0.2, 0) is 37.4 Å². The lowest BCUT2D eigenvalue weighted by molar-refractivity contribution is -0.220. The van der Waals surface area contributed by atoms with E-state index < -0.39 is 75.7 Å². The molecule has 62 heavy (non-hydrogen) atoms. The topological polar surface area (TPSA) is 222 Å². The van der Waals surface area contributed by atoms with Crippen molar-refractivity contribution in [3.05, 3.63) is 48.6 Å². The number of aliphatic hydroxyl groups excluding tert-OH is 5. The van der Waals surface area contributed by atoms with Crippen LogP contribution in [0.3, 0.4) is 0 Å². The fourth-order valence-electron chi connectivity index (χ4n) is 7.13. The molecule has 15 heteroatoms. The van der Waals surface area contributed by atoms with Gasteiger partial charge >= 0.3 is 19.8 Å². The van der Waals surface area contributed by atoms with Crippen molar-refractivity contribution in [2.24, 2.45) is 0 Å². The number of phosphoric ester groups is 1. The van der Waals surface area contributed by atoms with Crippen molar-refractivity contribution in [2.45, 2.75) is 223 Å². The molecule has 10 atom stereocenters. The minimum Gasteiger partial charge on any atom is -0.462 e. The second-order valence-corrected chi connectivity index (χ2v) is 18.0. The maximum atomic E-state index is 12.8. The molecule has 14 nitrogen and oxygen atoms in total. The number of carbonyl (C=O) groups excluding carboxylic acids is 2. The molecule has 2 fully saturated rings. The fraction of sp³-hybridized carbons (Fsp3) is 0.787. The molecule has 2 rings (SSSR count).